The number of fused-ring (bicyclic) bond motifs is 1. The second-order valence-electron chi connectivity index (χ2n) is 7.68. The number of hydrogen-bond donors (Lipinski definition) is 1. The van der Waals surface area contributed by atoms with Crippen molar-refractivity contribution in [3.63, 3.8) is 0 Å². The number of nitrogens with one attached hydrogen (secondary N) is 1. The van der Waals surface area contributed by atoms with Crippen LogP contribution in [0.2, 0.25) is 0 Å². The number of aromatic nitrogens is 1. The number of carbonyl (C=O) groups is 2. The first-order chi connectivity index (χ1) is 17.1. The number of carbonyl (C=O) groups excluding carboxylic acids is 2. The van der Waals surface area contributed by atoms with Gasteiger partial charge in [-0.1, -0.05) is 30.3 Å². The lowest BCUT2D eigenvalue weighted by Gasteiger charge is -2.07. The number of methoxy groups -OCH3 is 2. The van der Waals surface area contributed by atoms with E-state index in [0.29, 0.717) is 12.1 Å². The molecule has 4 aromatic rings. The summed E-state index contributed by atoms with van der Waals surface area (Å²) in [6, 6.07) is 22.9. The number of benzene rings is 3. The molecule has 3 aromatic carbocycles. The van der Waals surface area contributed by atoms with E-state index in [1.807, 2.05) is 72.9 Å². The van der Waals surface area contributed by atoms with Gasteiger partial charge in [-0.2, -0.15) is 5.10 Å². The predicted molar refractivity (Wildman–Crippen MR) is 138 cm³/mol. The van der Waals surface area contributed by atoms with Crippen LogP contribution in [0, 0.1) is 0 Å². The number of ether oxygens (including phenoxy) is 2. The number of esters is 1. The second-order valence-corrected chi connectivity index (χ2v) is 8.73. The van der Waals surface area contributed by atoms with Gasteiger partial charge in [0.2, 0.25) is 5.91 Å². The Kier molecular flexibility index (Phi) is 7.84. The Morgan fingerprint density at radius 3 is 2.60 bits per heavy atom. The number of hydrogen-bond acceptors (Lipinski definition) is 6. The van der Waals surface area contributed by atoms with Gasteiger partial charge in [0.25, 0.3) is 0 Å². The first-order valence-corrected chi connectivity index (χ1v) is 11.9. The Hall–Kier alpha value is -4.04. The van der Waals surface area contributed by atoms with E-state index in [-0.39, 0.29) is 17.6 Å². The van der Waals surface area contributed by atoms with Crippen molar-refractivity contribution in [3.8, 4) is 5.75 Å². The number of thioether (sulfide) groups is 1. The summed E-state index contributed by atoms with van der Waals surface area (Å²) in [5, 5.41) is 5.18. The third-order valence-corrected chi connectivity index (χ3v) is 6.35. The Morgan fingerprint density at radius 1 is 1.03 bits per heavy atom. The molecule has 4 rings (SSSR count). The van der Waals surface area contributed by atoms with Crippen LogP contribution in [0.3, 0.4) is 0 Å². The molecule has 0 unspecified atom stereocenters. The van der Waals surface area contributed by atoms with Gasteiger partial charge in [-0.25, -0.2) is 10.2 Å². The summed E-state index contributed by atoms with van der Waals surface area (Å²) < 4.78 is 12.1. The Balaban J connectivity index is 1.43. The molecular weight excluding hydrogens is 462 g/mol. The van der Waals surface area contributed by atoms with E-state index in [1.54, 1.807) is 19.4 Å². The summed E-state index contributed by atoms with van der Waals surface area (Å²) >= 11 is 1.43. The molecule has 0 fully saturated rings. The van der Waals surface area contributed by atoms with Crippen molar-refractivity contribution in [3.05, 3.63) is 95.7 Å². The van der Waals surface area contributed by atoms with Gasteiger partial charge in [-0.05, 0) is 48.0 Å². The van der Waals surface area contributed by atoms with Crippen LogP contribution in [0.25, 0.3) is 10.9 Å². The summed E-state index contributed by atoms with van der Waals surface area (Å²) in [5.41, 5.74) is 5.99. The van der Waals surface area contributed by atoms with Crippen LogP contribution >= 0.6 is 11.8 Å². The van der Waals surface area contributed by atoms with E-state index in [9.17, 15) is 9.59 Å². The van der Waals surface area contributed by atoms with Gasteiger partial charge >= 0.3 is 5.97 Å². The molecule has 0 aliphatic heterocycles. The molecule has 0 bridgehead atoms. The molecule has 0 saturated carbocycles. The lowest BCUT2D eigenvalue weighted by molar-refractivity contribution is -0.118. The smallest absolute Gasteiger partial charge is 0.337 e. The first-order valence-electron chi connectivity index (χ1n) is 10.9. The van der Waals surface area contributed by atoms with Gasteiger partial charge in [0.1, 0.15) is 5.75 Å². The summed E-state index contributed by atoms with van der Waals surface area (Å²) in [5.74, 6) is 0.476. The Bertz CT molecular complexity index is 1360. The van der Waals surface area contributed by atoms with E-state index in [0.717, 1.165) is 32.7 Å². The number of hydrazone groups is 1. The molecule has 1 aromatic heterocycles. The van der Waals surface area contributed by atoms with Gasteiger partial charge < -0.3 is 14.0 Å². The van der Waals surface area contributed by atoms with Gasteiger partial charge in [0.15, 0.2) is 0 Å². The fourth-order valence-corrected chi connectivity index (χ4v) is 4.34. The quantitative estimate of drug-likeness (QED) is 0.160. The molecule has 178 valence electrons. The van der Waals surface area contributed by atoms with Gasteiger partial charge in [0.05, 0.1) is 31.8 Å². The lowest BCUT2D eigenvalue weighted by Crippen LogP contribution is -2.19. The summed E-state index contributed by atoms with van der Waals surface area (Å²) in [4.78, 5) is 25.1. The number of para-hydroxylation sites is 1. The van der Waals surface area contributed by atoms with E-state index in [1.165, 1.54) is 18.9 Å². The minimum atomic E-state index is -0.363. The maximum absolute atomic E-state index is 12.2. The fraction of sp³-hybridized carbons (Fsp3) is 0.148. The second kappa shape index (κ2) is 11.4. The zero-order valence-electron chi connectivity index (χ0n) is 19.4. The Morgan fingerprint density at radius 2 is 1.83 bits per heavy atom. The SMILES string of the molecule is COC(=O)c1cccc(Cn2cc(/C=N/NC(=O)CSc3ccc(OC)cc3)c3ccccc32)c1. The average molecular weight is 488 g/mol. The highest BCUT2D eigenvalue weighted by Gasteiger charge is 2.10. The number of amides is 1. The van der Waals surface area contributed by atoms with Crippen molar-refractivity contribution in [2.45, 2.75) is 11.4 Å². The maximum atomic E-state index is 12.2. The molecule has 0 aliphatic carbocycles. The molecule has 0 atom stereocenters. The van der Waals surface area contributed by atoms with Gasteiger partial charge in [-0.3, -0.25) is 4.79 Å². The zero-order valence-corrected chi connectivity index (χ0v) is 20.2. The van der Waals surface area contributed by atoms with Crippen LogP contribution < -0.4 is 10.2 Å². The van der Waals surface area contributed by atoms with Crippen LogP contribution in [-0.2, 0) is 16.1 Å². The maximum Gasteiger partial charge on any atom is 0.337 e. The largest absolute Gasteiger partial charge is 0.497 e. The van der Waals surface area contributed by atoms with E-state index in [2.05, 4.69) is 15.1 Å². The van der Waals surface area contributed by atoms with Crippen molar-refractivity contribution in [2.75, 3.05) is 20.0 Å². The Labute approximate surface area is 207 Å². The first kappa shape index (κ1) is 24.1. The molecule has 0 spiro atoms. The summed E-state index contributed by atoms with van der Waals surface area (Å²) in [6.45, 7) is 0.573. The van der Waals surface area contributed by atoms with Gasteiger partial charge in [-0.15, -0.1) is 11.8 Å². The van der Waals surface area contributed by atoms with E-state index >= 15 is 0 Å². The lowest BCUT2D eigenvalue weighted by atomic mass is 10.1. The fourth-order valence-electron chi connectivity index (χ4n) is 3.65. The van der Waals surface area contributed by atoms with Crippen LogP contribution in [0.1, 0.15) is 21.5 Å². The summed E-state index contributed by atoms with van der Waals surface area (Å²) in [7, 11) is 2.99. The average Bonchev–Trinajstić information content (AvgIpc) is 3.24. The topological polar surface area (TPSA) is 81.9 Å². The molecule has 0 saturated heterocycles. The molecule has 7 nitrogen and oxygen atoms in total. The highest BCUT2D eigenvalue weighted by Crippen LogP contribution is 2.22. The minimum absolute atomic E-state index is 0.189. The van der Waals surface area contributed by atoms with Crippen molar-refractivity contribution in [2.24, 2.45) is 5.10 Å². The number of rotatable bonds is 9. The summed E-state index contributed by atoms with van der Waals surface area (Å²) in [6.07, 6.45) is 3.64. The predicted octanol–water partition coefficient (Wildman–Crippen LogP) is 4.73. The molecule has 1 N–H and O–H groups in total. The van der Waals surface area contributed by atoms with Crippen LogP contribution in [0.5, 0.6) is 5.75 Å². The van der Waals surface area contributed by atoms with Crippen molar-refractivity contribution in [1.29, 1.82) is 0 Å². The van der Waals surface area contributed by atoms with Crippen molar-refractivity contribution >= 4 is 40.8 Å². The van der Waals surface area contributed by atoms with E-state index < -0.39 is 0 Å². The molecule has 0 radical (unpaired) electrons. The highest BCUT2D eigenvalue weighted by atomic mass is 32.2. The molecule has 1 amide bonds. The van der Waals surface area contributed by atoms with Crippen molar-refractivity contribution < 1.29 is 19.1 Å². The zero-order chi connectivity index (χ0) is 24.6. The third kappa shape index (κ3) is 6.10. The third-order valence-electron chi connectivity index (χ3n) is 5.34. The molecule has 1 heterocycles. The number of nitrogens with zero attached hydrogens (tertiary/aromatic N) is 2. The minimum Gasteiger partial charge on any atom is -0.497 e. The monoisotopic (exact) mass is 487 g/mol. The van der Waals surface area contributed by atoms with Gasteiger partial charge in [0, 0.05) is 34.1 Å². The highest BCUT2D eigenvalue weighted by molar-refractivity contribution is 8.00. The van der Waals surface area contributed by atoms with Crippen LogP contribution in [0.15, 0.2) is 89.0 Å². The van der Waals surface area contributed by atoms with Crippen LogP contribution in [0.4, 0.5) is 0 Å². The molecule has 35 heavy (non-hydrogen) atoms. The molecule has 0 aliphatic rings. The standard InChI is InChI=1S/C27H25N3O4S/c1-33-22-10-12-23(13-11-22)35-18-26(31)29-28-15-21-17-30(25-9-4-3-8-24(21)25)16-19-6-5-7-20(14-19)27(32)34-2/h3-15,17H,16,18H2,1-2H3,(H,29,31)/b28-15+. The van der Waals surface area contributed by atoms with Crippen LogP contribution in [-0.4, -0.2) is 42.6 Å². The molecule has 8 heteroatoms. The van der Waals surface area contributed by atoms with Crippen molar-refractivity contribution in [1.82, 2.24) is 9.99 Å². The molecular formula is C27H25N3O4S. The normalized spacial score (nSPS) is 11.0. The van der Waals surface area contributed by atoms with E-state index in [4.69, 9.17) is 9.47 Å².